The topological polar surface area (TPSA) is 40.5 Å². The van der Waals surface area contributed by atoms with Crippen LogP contribution in [0.2, 0.25) is 0 Å². The quantitative estimate of drug-likeness (QED) is 0.755. The lowest BCUT2D eigenvalue weighted by Gasteiger charge is -2.43. The van der Waals surface area contributed by atoms with Crippen LogP contribution in [0, 0.1) is 5.92 Å². The zero-order valence-electron chi connectivity index (χ0n) is 13.7. The van der Waals surface area contributed by atoms with Crippen molar-refractivity contribution in [1.29, 1.82) is 0 Å². The molecule has 2 rings (SSSR count). The minimum absolute atomic E-state index is 0.183. The summed E-state index contributed by atoms with van der Waals surface area (Å²) in [6.07, 6.45) is 13.0. The van der Waals surface area contributed by atoms with Gasteiger partial charge in [0.25, 0.3) is 0 Å². The van der Waals surface area contributed by atoms with Crippen molar-refractivity contribution in [3.8, 4) is 0 Å². The second kappa shape index (κ2) is 8.77. The molecule has 1 saturated carbocycles. The maximum atomic E-state index is 12.6. The first-order valence-electron chi connectivity index (χ1n) is 9.21. The van der Waals surface area contributed by atoms with Gasteiger partial charge in [-0.1, -0.05) is 39.0 Å². The van der Waals surface area contributed by atoms with Crippen LogP contribution in [-0.4, -0.2) is 34.6 Å². The monoisotopic (exact) mass is 295 g/mol. The Morgan fingerprint density at radius 2 is 1.81 bits per heavy atom. The molecular weight excluding hydrogens is 262 g/mol. The van der Waals surface area contributed by atoms with E-state index >= 15 is 0 Å². The lowest BCUT2D eigenvalue weighted by atomic mass is 9.78. The van der Waals surface area contributed by atoms with Crippen molar-refractivity contribution in [3.63, 3.8) is 0 Å². The van der Waals surface area contributed by atoms with E-state index in [9.17, 15) is 9.90 Å². The molecule has 1 aliphatic heterocycles. The van der Waals surface area contributed by atoms with Gasteiger partial charge in [-0.2, -0.15) is 0 Å². The molecule has 3 nitrogen and oxygen atoms in total. The van der Waals surface area contributed by atoms with Crippen LogP contribution in [0.4, 0.5) is 0 Å². The number of carbonyl (C=O) groups excluding carboxylic acids is 1. The van der Waals surface area contributed by atoms with E-state index in [4.69, 9.17) is 0 Å². The van der Waals surface area contributed by atoms with E-state index in [1.807, 2.05) is 0 Å². The van der Waals surface area contributed by atoms with Gasteiger partial charge in [-0.05, 0) is 38.5 Å². The van der Waals surface area contributed by atoms with E-state index < -0.39 is 0 Å². The number of hydrogen-bond donors (Lipinski definition) is 1. The molecule has 3 atom stereocenters. The van der Waals surface area contributed by atoms with E-state index in [0.29, 0.717) is 24.3 Å². The van der Waals surface area contributed by atoms with Gasteiger partial charge in [0.05, 0.1) is 6.10 Å². The fraction of sp³-hybridized carbons (Fsp3) is 0.944. The number of aliphatic hydroxyl groups is 1. The van der Waals surface area contributed by atoms with Gasteiger partial charge in [-0.25, -0.2) is 0 Å². The molecule has 3 unspecified atom stereocenters. The molecule has 2 aliphatic rings. The molecule has 3 heteroatoms. The number of rotatable bonds is 6. The Morgan fingerprint density at radius 3 is 2.57 bits per heavy atom. The lowest BCUT2D eigenvalue weighted by molar-refractivity contribution is -0.138. The number of hydrogen-bond acceptors (Lipinski definition) is 2. The van der Waals surface area contributed by atoms with Gasteiger partial charge in [0.1, 0.15) is 0 Å². The number of nitrogens with zero attached hydrogens (tertiary/aromatic N) is 1. The summed E-state index contributed by atoms with van der Waals surface area (Å²) < 4.78 is 0. The smallest absolute Gasteiger partial charge is 0.222 e. The van der Waals surface area contributed by atoms with E-state index in [0.717, 1.165) is 45.1 Å². The summed E-state index contributed by atoms with van der Waals surface area (Å²) >= 11 is 0. The van der Waals surface area contributed by atoms with Gasteiger partial charge in [-0.3, -0.25) is 4.79 Å². The maximum Gasteiger partial charge on any atom is 0.222 e. The minimum atomic E-state index is -0.183. The van der Waals surface area contributed by atoms with Gasteiger partial charge in [-0.15, -0.1) is 0 Å². The lowest BCUT2D eigenvalue weighted by Crippen LogP contribution is -2.51. The van der Waals surface area contributed by atoms with Crippen LogP contribution >= 0.6 is 0 Å². The molecule has 0 radical (unpaired) electrons. The van der Waals surface area contributed by atoms with Crippen molar-refractivity contribution in [1.82, 2.24) is 4.90 Å². The Labute approximate surface area is 130 Å². The summed E-state index contributed by atoms with van der Waals surface area (Å²) in [6, 6.07) is 0.313. The molecule has 1 amide bonds. The van der Waals surface area contributed by atoms with Crippen LogP contribution in [0.5, 0.6) is 0 Å². The molecule has 1 aliphatic carbocycles. The largest absolute Gasteiger partial charge is 0.393 e. The highest BCUT2D eigenvalue weighted by Crippen LogP contribution is 2.34. The fourth-order valence-electron chi connectivity index (χ4n) is 4.15. The van der Waals surface area contributed by atoms with Gasteiger partial charge in [0, 0.05) is 24.9 Å². The third kappa shape index (κ3) is 4.70. The SMILES string of the molecule is CCCCCCC(=O)N1CCCCC1C1CCCCC1O. The summed E-state index contributed by atoms with van der Waals surface area (Å²) in [6.45, 7) is 3.12. The first-order valence-corrected chi connectivity index (χ1v) is 9.21. The zero-order valence-corrected chi connectivity index (χ0v) is 13.7. The number of aliphatic hydroxyl groups excluding tert-OH is 1. The first-order chi connectivity index (χ1) is 10.2. The third-order valence-corrected chi connectivity index (χ3v) is 5.39. The van der Waals surface area contributed by atoms with E-state index in [1.165, 1.54) is 32.1 Å². The fourth-order valence-corrected chi connectivity index (χ4v) is 4.15. The Bertz CT molecular complexity index is 318. The Kier molecular flexibility index (Phi) is 7.01. The highest BCUT2D eigenvalue weighted by atomic mass is 16.3. The van der Waals surface area contributed by atoms with Crippen molar-refractivity contribution >= 4 is 5.91 Å². The normalized spacial score (nSPS) is 30.4. The second-order valence-corrected chi connectivity index (χ2v) is 6.98. The number of unbranched alkanes of at least 4 members (excludes halogenated alkanes) is 3. The summed E-state index contributed by atoms with van der Waals surface area (Å²) in [5, 5.41) is 10.3. The zero-order chi connectivity index (χ0) is 15.1. The highest BCUT2D eigenvalue weighted by molar-refractivity contribution is 5.76. The van der Waals surface area contributed by atoms with Crippen molar-refractivity contribution in [2.45, 2.75) is 96.1 Å². The molecule has 1 N–H and O–H groups in total. The van der Waals surface area contributed by atoms with E-state index in [2.05, 4.69) is 11.8 Å². The van der Waals surface area contributed by atoms with E-state index in [1.54, 1.807) is 0 Å². The molecule has 122 valence electrons. The summed E-state index contributed by atoms with van der Waals surface area (Å²) in [5.74, 6) is 0.673. The summed E-state index contributed by atoms with van der Waals surface area (Å²) in [7, 11) is 0. The van der Waals surface area contributed by atoms with Crippen molar-refractivity contribution in [3.05, 3.63) is 0 Å². The average molecular weight is 295 g/mol. The highest BCUT2D eigenvalue weighted by Gasteiger charge is 2.37. The van der Waals surface area contributed by atoms with Crippen LogP contribution < -0.4 is 0 Å². The maximum absolute atomic E-state index is 12.6. The molecule has 0 aromatic carbocycles. The average Bonchev–Trinajstić information content (AvgIpc) is 2.52. The number of carbonyl (C=O) groups is 1. The molecule has 1 heterocycles. The van der Waals surface area contributed by atoms with Crippen LogP contribution in [0.25, 0.3) is 0 Å². The van der Waals surface area contributed by atoms with Crippen molar-refractivity contribution < 1.29 is 9.90 Å². The summed E-state index contributed by atoms with van der Waals surface area (Å²) in [4.78, 5) is 14.7. The van der Waals surface area contributed by atoms with E-state index in [-0.39, 0.29) is 6.10 Å². The Hall–Kier alpha value is -0.570. The Balaban J connectivity index is 1.89. The van der Waals surface area contributed by atoms with Gasteiger partial charge in [0.15, 0.2) is 0 Å². The molecule has 0 aromatic rings. The first kappa shape index (κ1) is 16.8. The second-order valence-electron chi connectivity index (χ2n) is 6.98. The number of amides is 1. The molecule has 1 saturated heterocycles. The molecule has 0 spiro atoms. The minimum Gasteiger partial charge on any atom is -0.393 e. The predicted octanol–water partition coefficient (Wildman–Crippen LogP) is 3.89. The predicted molar refractivity (Wildman–Crippen MR) is 86.1 cm³/mol. The standard InChI is InChI=1S/C18H33NO2/c1-2-3-4-5-13-18(21)19-14-9-8-11-16(19)15-10-6-7-12-17(15)20/h15-17,20H,2-14H2,1H3. The third-order valence-electron chi connectivity index (χ3n) is 5.39. The molecule has 2 fully saturated rings. The molecular formula is C18H33NO2. The Morgan fingerprint density at radius 1 is 1.05 bits per heavy atom. The van der Waals surface area contributed by atoms with Gasteiger partial charge < -0.3 is 10.0 Å². The molecule has 0 bridgehead atoms. The van der Waals surface area contributed by atoms with Crippen molar-refractivity contribution in [2.75, 3.05) is 6.54 Å². The number of piperidine rings is 1. The van der Waals surface area contributed by atoms with Crippen LogP contribution in [0.15, 0.2) is 0 Å². The summed E-state index contributed by atoms with van der Waals surface area (Å²) in [5.41, 5.74) is 0. The van der Waals surface area contributed by atoms with Crippen molar-refractivity contribution in [2.24, 2.45) is 5.92 Å². The van der Waals surface area contributed by atoms with Crippen LogP contribution in [0.3, 0.4) is 0 Å². The number of likely N-dealkylation sites (tertiary alicyclic amines) is 1. The van der Waals surface area contributed by atoms with Crippen LogP contribution in [-0.2, 0) is 4.79 Å². The molecule has 0 aromatic heterocycles. The van der Waals surface area contributed by atoms with Crippen LogP contribution in [0.1, 0.15) is 84.0 Å². The molecule has 21 heavy (non-hydrogen) atoms. The van der Waals surface area contributed by atoms with Gasteiger partial charge >= 0.3 is 0 Å². The van der Waals surface area contributed by atoms with Gasteiger partial charge in [0.2, 0.25) is 5.91 Å².